The van der Waals surface area contributed by atoms with E-state index < -0.39 is 5.97 Å². The van der Waals surface area contributed by atoms with Crippen LogP contribution in [0.4, 0.5) is 5.82 Å². The maximum absolute atomic E-state index is 11.4. The van der Waals surface area contributed by atoms with Gasteiger partial charge in [-0.1, -0.05) is 25.5 Å². The maximum Gasteiger partial charge on any atom is 0.339 e. The van der Waals surface area contributed by atoms with Crippen LogP contribution in [0, 0.1) is 0 Å². The normalized spacial score (nSPS) is 10.1. The maximum atomic E-state index is 11.4. The van der Waals surface area contributed by atoms with E-state index in [-0.39, 0.29) is 5.56 Å². The minimum Gasteiger partial charge on any atom is -0.478 e. The lowest BCUT2D eigenvalue weighted by Gasteiger charge is -2.12. The summed E-state index contributed by atoms with van der Waals surface area (Å²) in [7, 11) is 0. The molecule has 0 aliphatic carbocycles. The van der Waals surface area contributed by atoms with Crippen molar-refractivity contribution in [2.75, 3.05) is 11.9 Å². The van der Waals surface area contributed by atoms with Gasteiger partial charge in [0, 0.05) is 6.54 Å². The van der Waals surface area contributed by atoms with Crippen molar-refractivity contribution in [2.24, 2.45) is 0 Å². The van der Waals surface area contributed by atoms with E-state index in [9.17, 15) is 9.90 Å². The molecule has 0 aliphatic heterocycles. The molecule has 1 heterocycles. The quantitative estimate of drug-likeness (QED) is 0.772. The third kappa shape index (κ3) is 3.77. The number of hydrogen-bond donors (Lipinski definition) is 2. The van der Waals surface area contributed by atoms with Gasteiger partial charge < -0.3 is 10.4 Å². The number of hydrogen-bond acceptors (Lipinski definition) is 4. The average Bonchev–Trinajstić information content (AvgIpc) is 2.37. The monoisotopic (exact) mass is 263 g/mol. The molecule has 2 N–H and O–H groups in total. The van der Waals surface area contributed by atoms with Crippen molar-refractivity contribution in [3.63, 3.8) is 0 Å². The van der Waals surface area contributed by atoms with Crippen molar-refractivity contribution in [1.82, 2.24) is 10.2 Å². The van der Waals surface area contributed by atoms with E-state index in [0.29, 0.717) is 25.2 Å². The zero-order chi connectivity index (χ0) is 14.4. The molecule has 0 aromatic carbocycles. The lowest BCUT2D eigenvalue weighted by Crippen LogP contribution is -2.15. The Kier molecular flexibility index (Phi) is 5.48. The number of rotatable bonds is 6. The highest BCUT2D eigenvalue weighted by molar-refractivity contribution is 5.95. The largest absolute Gasteiger partial charge is 0.478 e. The molecule has 1 aromatic heterocycles. The highest BCUT2D eigenvalue weighted by Crippen LogP contribution is 2.20. The summed E-state index contributed by atoms with van der Waals surface area (Å²) in [6.07, 6.45) is 3.30. The number of aryl methyl sites for hydroxylation is 1. The summed E-state index contributed by atoms with van der Waals surface area (Å²) in [5.74, 6) is -0.611. The minimum absolute atomic E-state index is 0.247. The van der Waals surface area contributed by atoms with Crippen LogP contribution in [0.15, 0.2) is 11.6 Å². The molecule has 1 rings (SSSR count). The molecule has 0 saturated carbocycles. The number of carbonyl (C=O) groups is 1. The molecule has 0 radical (unpaired) electrons. The first-order chi connectivity index (χ1) is 9.01. The number of anilines is 1. The molecular weight excluding hydrogens is 242 g/mol. The van der Waals surface area contributed by atoms with Gasteiger partial charge >= 0.3 is 5.97 Å². The number of allylic oxidation sites excluding steroid dienone is 1. The fourth-order valence-electron chi connectivity index (χ4n) is 1.88. The number of nitrogens with zero attached hydrogens (tertiary/aromatic N) is 2. The van der Waals surface area contributed by atoms with Gasteiger partial charge in [-0.05, 0) is 32.3 Å². The number of aromatic nitrogens is 2. The van der Waals surface area contributed by atoms with Crippen LogP contribution in [0.2, 0.25) is 0 Å². The first-order valence-electron chi connectivity index (χ1n) is 6.50. The van der Waals surface area contributed by atoms with Crippen LogP contribution < -0.4 is 5.32 Å². The molecule has 104 valence electrons. The minimum atomic E-state index is -0.957. The Morgan fingerprint density at radius 1 is 1.26 bits per heavy atom. The molecule has 0 fully saturated rings. The molecule has 19 heavy (non-hydrogen) atoms. The van der Waals surface area contributed by atoms with E-state index in [0.717, 1.165) is 11.3 Å². The Bertz CT molecular complexity index is 492. The average molecular weight is 263 g/mol. The smallest absolute Gasteiger partial charge is 0.339 e. The summed E-state index contributed by atoms with van der Waals surface area (Å²) >= 11 is 0. The Balaban J connectivity index is 3.17. The zero-order valence-electron chi connectivity index (χ0n) is 11.9. The molecule has 0 saturated heterocycles. The molecule has 0 spiro atoms. The lowest BCUT2D eigenvalue weighted by molar-refractivity contribution is 0.0696. The highest BCUT2D eigenvalue weighted by atomic mass is 16.4. The Hall–Kier alpha value is -1.91. The zero-order valence-corrected chi connectivity index (χ0v) is 11.9. The Labute approximate surface area is 113 Å². The van der Waals surface area contributed by atoms with Crippen LogP contribution in [-0.2, 0) is 12.8 Å². The standard InChI is InChI=1S/C14H21N3O2/c1-5-10-11(6-2)16-17-13(12(10)14(18)19)15-8-7-9(3)4/h7H,5-6,8H2,1-4H3,(H,15,17)(H,18,19). The molecule has 0 aliphatic rings. The SMILES string of the molecule is CCc1nnc(NCC=C(C)C)c(C(=O)O)c1CC. The molecule has 0 amide bonds. The molecule has 0 atom stereocenters. The molecular formula is C14H21N3O2. The third-order valence-electron chi connectivity index (χ3n) is 2.84. The Morgan fingerprint density at radius 3 is 2.42 bits per heavy atom. The fraction of sp³-hybridized carbons (Fsp3) is 0.500. The number of aromatic carboxylic acids is 1. The van der Waals surface area contributed by atoms with E-state index in [1.54, 1.807) is 0 Å². The molecule has 0 bridgehead atoms. The Morgan fingerprint density at radius 2 is 1.95 bits per heavy atom. The fourth-order valence-corrected chi connectivity index (χ4v) is 1.88. The molecule has 5 heteroatoms. The van der Waals surface area contributed by atoms with Gasteiger partial charge in [0.15, 0.2) is 5.82 Å². The third-order valence-corrected chi connectivity index (χ3v) is 2.84. The van der Waals surface area contributed by atoms with Crippen LogP contribution >= 0.6 is 0 Å². The number of carboxylic acid groups (broad SMARTS) is 1. The molecule has 1 aromatic rings. The summed E-state index contributed by atoms with van der Waals surface area (Å²) in [5, 5.41) is 20.5. The number of carboxylic acids is 1. The van der Waals surface area contributed by atoms with Crippen LogP contribution in [-0.4, -0.2) is 27.8 Å². The predicted octanol–water partition coefficient (Wildman–Crippen LogP) is 2.68. The summed E-state index contributed by atoms with van der Waals surface area (Å²) in [6.45, 7) is 8.41. The van der Waals surface area contributed by atoms with Crippen molar-refractivity contribution in [2.45, 2.75) is 40.5 Å². The highest BCUT2D eigenvalue weighted by Gasteiger charge is 2.19. The first-order valence-corrected chi connectivity index (χ1v) is 6.50. The lowest BCUT2D eigenvalue weighted by atomic mass is 10.0. The summed E-state index contributed by atoms with van der Waals surface area (Å²) in [4.78, 5) is 11.4. The van der Waals surface area contributed by atoms with Gasteiger partial charge in [-0.15, -0.1) is 5.10 Å². The van der Waals surface area contributed by atoms with Gasteiger partial charge in [-0.25, -0.2) is 4.79 Å². The van der Waals surface area contributed by atoms with Crippen LogP contribution in [0.3, 0.4) is 0 Å². The second-order valence-corrected chi connectivity index (χ2v) is 4.52. The predicted molar refractivity (Wildman–Crippen MR) is 75.7 cm³/mol. The van der Waals surface area contributed by atoms with E-state index in [4.69, 9.17) is 0 Å². The summed E-state index contributed by atoms with van der Waals surface area (Å²) in [5.41, 5.74) is 2.94. The van der Waals surface area contributed by atoms with Gasteiger partial charge in [0.1, 0.15) is 5.56 Å². The van der Waals surface area contributed by atoms with E-state index in [2.05, 4.69) is 15.5 Å². The first kappa shape index (κ1) is 15.1. The molecule has 0 unspecified atom stereocenters. The van der Waals surface area contributed by atoms with Gasteiger partial charge in [0.2, 0.25) is 0 Å². The second-order valence-electron chi connectivity index (χ2n) is 4.52. The van der Waals surface area contributed by atoms with Gasteiger partial charge in [-0.3, -0.25) is 0 Å². The van der Waals surface area contributed by atoms with Crippen molar-refractivity contribution >= 4 is 11.8 Å². The van der Waals surface area contributed by atoms with Crippen molar-refractivity contribution in [3.05, 3.63) is 28.5 Å². The van der Waals surface area contributed by atoms with Crippen LogP contribution in [0.5, 0.6) is 0 Å². The van der Waals surface area contributed by atoms with Crippen LogP contribution in [0.25, 0.3) is 0 Å². The van der Waals surface area contributed by atoms with Crippen LogP contribution in [0.1, 0.15) is 49.3 Å². The topological polar surface area (TPSA) is 75.1 Å². The van der Waals surface area contributed by atoms with Gasteiger partial charge in [0.05, 0.1) is 5.69 Å². The van der Waals surface area contributed by atoms with Crippen molar-refractivity contribution in [1.29, 1.82) is 0 Å². The molecule has 5 nitrogen and oxygen atoms in total. The van der Waals surface area contributed by atoms with Gasteiger partial charge in [0.25, 0.3) is 0 Å². The van der Waals surface area contributed by atoms with E-state index in [1.165, 1.54) is 5.57 Å². The number of nitrogens with one attached hydrogen (secondary N) is 1. The second kappa shape index (κ2) is 6.87. The van der Waals surface area contributed by atoms with E-state index in [1.807, 2.05) is 33.8 Å². The van der Waals surface area contributed by atoms with Gasteiger partial charge in [-0.2, -0.15) is 5.10 Å². The summed E-state index contributed by atoms with van der Waals surface area (Å²) in [6, 6.07) is 0. The summed E-state index contributed by atoms with van der Waals surface area (Å²) < 4.78 is 0. The van der Waals surface area contributed by atoms with E-state index >= 15 is 0 Å². The van der Waals surface area contributed by atoms with Crippen molar-refractivity contribution < 1.29 is 9.90 Å². The van der Waals surface area contributed by atoms with Crippen molar-refractivity contribution in [3.8, 4) is 0 Å².